The van der Waals surface area contributed by atoms with E-state index < -0.39 is 0 Å². The van der Waals surface area contributed by atoms with Crippen LogP contribution in [0.4, 0.5) is 0 Å². The van der Waals surface area contributed by atoms with Crippen molar-refractivity contribution in [3.05, 3.63) is 29.3 Å². The van der Waals surface area contributed by atoms with Crippen LogP contribution in [0.2, 0.25) is 0 Å². The van der Waals surface area contributed by atoms with Gasteiger partial charge in [0, 0.05) is 26.1 Å². The van der Waals surface area contributed by atoms with Crippen molar-refractivity contribution in [1.82, 2.24) is 0 Å². The van der Waals surface area contributed by atoms with Crippen LogP contribution in [0.3, 0.4) is 0 Å². The molecule has 0 aromatic heterocycles. The molecule has 1 atom stereocenters. The maximum atomic E-state index is 11.8. The molecule has 36 heavy (non-hydrogen) atoms. The molecule has 0 radical (unpaired) electrons. The minimum absolute atomic E-state index is 0.00331. The molecule has 1 fully saturated rings. The first-order valence-electron chi connectivity index (χ1n) is 13.8. The lowest BCUT2D eigenvalue weighted by Crippen LogP contribution is -2.22. The number of esters is 2. The lowest BCUT2D eigenvalue weighted by molar-refractivity contribution is -0.162. The molecular formula is C29H46O7. The van der Waals surface area contributed by atoms with E-state index in [-0.39, 0.29) is 18.2 Å². The molecule has 204 valence electrons. The summed E-state index contributed by atoms with van der Waals surface area (Å²) < 4.78 is 27.4. The summed E-state index contributed by atoms with van der Waals surface area (Å²) in [6, 6.07) is 6.16. The molecule has 7 heteroatoms. The highest BCUT2D eigenvalue weighted by atomic mass is 16.7. The fourth-order valence-electron chi connectivity index (χ4n) is 4.39. The van der Waals surface area contributed by atoms with Gasteiger partial charge in [-0.2, -0.15) is 0 Å². The molecule has 0 aliphatic carbocycles. The molecule has 7 nitrogen and oxygen atoms in total. The molecule has 1 aliphatic rings. The Morgan fingerprint density at radius 1 is 0.917 bits per heavy atom. The van der Waals surface area contributed by atoms with Crippen molar-refractivity contribution in [1.29, 1.82) is 0 Å². The smallest absolute Gasteiger partial charge is 0.305 e. The molecule has 0 N–H and O–H groups in total. The van der Waals surface area contributed by atoms with Crippen LogP contribution < -0.4 is 4.74 Å². The first-order chi connectivity index (χ1) is 17.6. The summed E-state index contributed by atoms with van der Waals surface area (Å²) in [7, 11) is 1.42. The number of ether oxygens (including phenoxy) is 5. The average Bonchev–Trinajstić information content (AvgIpc) is 2.90. The molecule has 1 aromatic carbocycles. The van der Waals surface area contributed by atoms with Crippen LogP contribution in [0.1, 0.15) is 95.1 Å². The summed E-state index contributed by atoms with van der Waals surface area (Å²) in [6.07, 6.45) is 12.7. The van der Waals surface area contributed by atoms with Crippen molar-refractivity contribution in [2.45, 2.75) is 103 Å². The zero-order chi connectivity index (χ0) is 25.8. The maximum Gasteiger partial charge on any atom is 0.305 e. The predicted molar refractivity (Wildman–Crippen MR) is 139 cm³/mol. The monoisotopic (exact) mass is 506 g/mol. The second-order valence-corrected chi connectivity index (χ2v) is 9.27. The first kappa shape index (κ1) is 30.1. The molecule has 1 heterocycles. The maximum absolute atomic E-state index is 11.8. The molecule has 2 rings (SSSR count). The van der Waals surface area contributed by atoms with Gasteiger partial charge in [0.25, 0.3) is 0 Å². The van der Waals surface area contributed by atoms with E-state index in [2.05, 4.69) is 6.07 Å². The number of aryl methyl sites for hydroxylation is 1. The first-order valence-corrected chi connectivity index (χ1v) is 13.8. The molecule has 0 spiro atoms. The van der Waals surface area contributed by atoms with Crippen molar-refractivity contribution >= 4 is 11.9 Å². The largest absolute Gasteiger partial charge is 0.493 e. The SMILES string of the molecule is CCOC(=O)CCCCCOc1cccc(CCCCCCOC2CCCCO2)c1CCC(=O)OC. The molecule has 0 amide bonds. The number of rotatable bonds is 19. The number of carbonyl (C=O) groups is 2. The van der Waals surface area contributed by atoms with Gasteiger partial charge in [0.2, 0.25) is 0 Å². The van der Waals surface area contributed by atoms with Gasteiger partial charge >= 0.3 is 11.9 Å². The highest BCUT2D eigenvalue weighted by molar-refractivity contribution is 5.70. The number of unbranched alkanes of at least 4 members (excludes halogenated alkanes) is 5. The minimum atomic E-state index is -0.211. The predicted octanol–water partition coefficient (Wildman–Crippen LogP) is 5.94. The van der Waals surface area contributed by atoms with Gasteiger partial charge in [-0.15, -0.1) is 0 Å². The van der Waals surface area contributed by atoms with Crippen LogP contribution in [0.25, 0.3) is 0 Å². The topological polar surface area (TPSA) is 80.3 Å². The second-order valence-electron chi connectivity index (χ2n) is 9.27. The van der Waals surface area contributed by atoms with Crippen LogP contribution >= 0.6 is 0 Å². The van der Waals surface area contributed by atoms with Crippen molar-refractivity contribution < 1.29 is 33.3 Å². The summed E-state index contributed by atoms with van der Waals surface area (Å²) in [4.78, 5) is 23.2. The zero-order valence-electron chi connectivity index (χ0n) is 22.4. The van der Waals surface area contributed by atoms with E-state index in [4.69, 9.17) is 23.7 Å². The van der Waals surface area contributed by atoms with E-state index in [1.54, 1.807) is 0 Å². The van der Waals surface area contributed by atoms with E-state index in [0.717, 1.165) is 88.7 Å². The van der Waals surface area contributed by atoms with Gasteiger partial charge in [0.15, 0.2) is 6.29 Å². The number of benzene rings is 1. The van der Waals surface area contributed by atoms with E-state index in [9.17, 15) is 9.59 Å². The Kier molecular flexibility index (Phi) is 15.9. The van der Waals surface area contributed by atoms with Crippen LogP contribution in [0, 0.1) is 0 Å². The minimum Gasteiger partial charge on any atom is -0.493 e. The van der Waals surface area contributed by atoms with E-state index in [0.29, 0.717) is 32.5 Å². The lowest BCUT2D eigenvalue weighted by atomic mass is 9.96. The normalized spacial score (nSPS) is 15.4. The Bertz CT molecular complexity index is 743. The summed E-state index contributed by atoms with van der Waals surface area (Å²) in [6.45, 7) is 4.42. The fraction of sp³-hybridized carbons (Fsp3) is 0.724. The number of carbonyl (C=O) groups excluding carboxylic acids is 2. The number of hydrogen-bond acceptors (Lipinski definition) is 7. The second kappa shape index (κ2) is 19.1. The fourth-order valence-corrected chi connectivity index (χ4v) is 4.39. The average molecular weight is 507 g/mol. The quantitative estimate of drug-likeness (QED) is 0.170. The number of methoxy groups -OCH3 is 1. The third kappa shape index (κ3) is 12.7. The van der Waals surface area contributed by atoms with E-state index in [1.165, 1.54) is 19.1 Å². The highest BCUT2D eigenvalue weighted by Gasteiger charge is 2.14. The van der Waals surface area contributed by atoms with E-state index >= 15 is 0 Å². The van der Waals surface area contributed by atoms with Gasteiger partial charge in [0.05, 0.1) is 20.3 Å². The molecule has 1 saturated heterocycles. The van der Waals surface area contributed by atoms with Gasteiger partial charge < -0.3 is 23.7 Å². The zero-order valence-corrected chi connectivity index (χ0v) is 22.4. The van der Waals surface area contributed by atoms with Crippen molar-refractivity contribution in [2.75, 3.05) is 33.5 Å². The Balaban J connectivity index is 1.75. The summed E-state index contributed by atoms with van der Waals surface area (Å²) in [5.41, 5.74) is 2.35. The van der Waals surface area contributed by atoms with Crippen LogP contribution in [0.15, 0.2) is 18.2 Å². The van der Waals surface area contributed by atoms with Gasteiger partial charge in [0.1, 0.15) is 5.75 Å². The molecule has 1 aliphatic heterocycles. The van der Waals surface area contributed by atoms with Gasteiger partial charge in [-0.3, -0.25) is 9.59 Å². The van der Waals surface area contributed by atoms with Crippen LogP contribution in [-0.2, 0) is 41.4 Å². The molecule has 1 aromatic rings. The standard InChI is InChI=1S/C29H46O7/c1-3-33-28(31)17-8-6-11-21-34-26-16-13-15-24(25(26)19-20-27(30)32-2)14-7-4-5-10-22-35-29-18-9-12-23-36-29/h13,15-16,29H,3-12,14,17-23H2,1-2H3. The third-order valence-corrected chi connectivity index (χ3v) is 6.41. The van der Waals surface area contributed by atoms with Crippen molar-refractivity contribution in [3.8, 4) is 5.75 Å². The van der Waals surface area contributed by atoms with Crippen molar-refractivity contribution in [3.63, 3.8) is 0 Å². The van der Waals surface area contributed by atoms with Crippen molar-refractivity contribution in [2.24, 2.45) is 0 Å². The lowest BCUT2D eigenvalue weighted by Gasteiger charge is -2.22. The summed E-state index contributed by atoms with van der Waals surface area (Å²) in [5.74, 6) is 0.501. The van der Waals surface area contributed by atoms with Gasteiger partial charge in [-0.1, -0.05) is 25.0 Å². The molecule has 0 bridgehead atoms. The van der Waals surface area contributed by atoms with E-state index in [1.807, 2.05) is 19.1 Å². The van der Waals surface area contributed by atoms with Crippen LogP contribution in [-0.4, -0.2) is 51.8 Å². The highest BCUT2D eigenvalue weighted by Crippen LogP contribution is 2.26. The summed E-state index contributed by atoms with van der Waals surface area (Å²) in [5, 5.41) is 0. The Morgan fingerprint density at radius 3 is 2.50 bits per heavy atom. The molecule has 1 unspecified atom stereocenters. The van der Waals surface area contributed by atoms with Gasteiger partial charge in [-0.25, -0.2) is 0 Å². The van der Waals surface area contributed by atoms with Gasteiger partial charge in [-0.05, 0) is 88.3 Å². The Morgan fingerprint density at radius 2 is 1.72 bits per heavy atom. The third-order valence-electron chi connectivity index (χ3n) is 6.41. The Hall–Kier alpha value is -2.12. The van der Waals surface area contributed by atoms with Crippen LogP contribution in [0.5, 0.6) is 5.75 Å². The molecule has 0 saturated carbocycles. The Labute approximate surface area is 217 Å². The summed E-state index contributed by atoms with van der Waals surface area (Å²) >= 11 is 0. The molecular weight excluding hydrogens is 460 g/mol. The number of hydrogen-bond donors (Lipinski definition) is 0.